The van der Waals surface area contributed by atoms with Gasteiger partial charge in [-0.25, -0.2) is 9.59 Å². The molecule has 2 unspecified atom stereocenters. The summed E-state index contributed by atoms with van der Waals surface area (Å²) in [7, 11) is 0. The van der Waals surface area contributed by atoms with Crippen molar-refractivity contribution in [3.63, 3.8) is 0 Å². The summed E-state index contributed by atoms with van der Waals surface area (Å²) in [6, 6.07) is 2.06. The van der Waals surface area contributed by atoms with Crippen LogP contribution in [0.1, 0.15) is 91.2 Å². The molecule has 6 rings (SSSR count). The number of hydrogen-bond donors (Lipinski definition) is 2. The summed E-state index contributed by atoms with van der Waals surface area (Å²) < 4.78 is 22.9. The Morgan fingerprint density at radius 3 is 2.45 bits per heavy atom. The average molecular weight is 613 g/mol. The van der Waals surface area contributed by atoms with Crippen LogP contribution in [0, 0.1) is 5.92 Å². The number of nitrogens with zero attached hydrogens (tertiary/aromatic N) is 1. The van der Waals surface area contributed by atoms with Gasteiger partial charge in [0.05, 0.1) is 17.4 Å². The van der Waals surface area contributed by atoms with Gasteiger partial charge in [0.15, 0.2) is 23.4 Å². The van der Waals surface area contributed by atoms with E-state index in [1.54, 1.807) is 47.6 Å². The van der Waals surface area contributed by atoms with Gasteiger partial charge in [-0.15, -0.1) is 0 Å². The molecule has 2 aliphatic heterocycles. The molecule has 240 valence electrons. The van der Waals surface area contributed by atoms with Crippen LogP contribution in [0.15, 0.2) is 12.1 Å². The van der Waals surface area contributed by atoms with Gasteiger partial charge >= 0.3 is 18.0 Å². The first-order valence-corrected chi connectivity index (χ1v) is 15.8. The van der Waals surface area contributed by atoms with Gasteiger partial charge in [0.1, 0.15) is 17.2 Å². The number of amides is 1. The van der Waals surface area contributed by atoms with Gasteiger partial charge in [-0.05, 0) is 97.7 Å². The first-order chi connectivity index (χ1) is 20.5. The second kappa shape index (κ2) is 10.4. The number of Topliss-reactive ketones (excluding diaryl/α,β-unsaturated/α-hetero) is 1. The number of likely N-dealkylation sites (tertiary alicyclic amines) is 1. The Kier molecular flexibility index (Phi) is 7.31. The minimum atomic E-state index is -1.37. The third-order valence-electron chi connectivity index (χ3n) is 9.52. The first kappa shape index (κ1) is 30.8. The Balaban J connectivity index is 1.27. The Bertz CT molecular complexity index is 1390. The van der Waals surface area contributed by atoms with Gasteiger partial charge in [-0.2, -0.15) is 0 Å². The van der Waals surface area contributed by atoms with Crippen LogP contribution in [0.5, 0.6) is 11.5 Å². The molecule has 2 saturated carbocycles. The van der Waals surface area contributed by atoms with Crippen molar-refractivity contribution >= 4 is 23.8 Å². The molecule has 2 heterocycles. The monoisotopic (exact) mass is 612 g/mol. The summed E-state index contributed by atoms with van der Waals surface area (Å²) >= 11 is 0. The number of aliphatic hydroxyl groups is 1. The largest absolute Gasteiger partial charge is 0.477 e. The second-order valence-electron chi connectivity index (χ2n) is 15.1. The molecular weight excluding hydrogens is 568 g/mol. The number of carbonyl (C=O) groups excluding carboxylic acids is 4. The van der Waals surface area contributed by atoms with E-state index >= 15 is 0 Å². The fourth-order valence-corrected chi connectivity index (χ4v) is 7.68. The maximum Gasteiger partial charge on any atom is 0.408 e. The molecule has 1 aromatic rings. The summed E-state index contributed by atoms with van der Waals surface area (Å²) in [5, 5.41) is 14.9. The molecule has 3 aliphatic carbocycles. The van der Waals surface area contributed by atoms with Crippen molar-refractivity contribution in [1.82, 2.24) is 10.2 Å². The number of nitrogens with one attached hydrogen (secondary N) is 1. The molecule has 1 saturated heterocycles. The number of esters is 2. The van der Waals surface area contributed by atoms with E-state index in [0.29, 0.717) is 30.9 Å². The van der Waals surface area contributed by atoms with E-state index in [2.05, 4.69) is 10.2 Å². The van der Waals surface area contributed by atoms with E-state index < -0.39 is 58.8 Å². The van der Waals surface area contributed by atoms with Crippen LogP contribution in [-0.4, -0.2) is 81.9 Å². The molecule has 0 aromatic heterocycles. The van der Waals surface area contributed by atoms with Gasteiger partial charge in [-0.3, -0.25) is 14.5 Å². The lowest BCUT2D eigenvalue weighted by Gasteiger charge is -2.62. The maximum absolute atomic E-state index is 13.3. The standard InChI is InChI=1S/C33H44N2O9/c1-30(2,3)43-28(38)20(34-29(39)44-31(4,5)6)16-24(37)41-22-10-9-19-15-23-33(40)12-11-21(36)27-32(33,25(19)26(22)42-27)13-14-35(23)17-18-7-8-18/h9-10,18,20,23,27,40H,7-8,11-17H2,1-6H3,(H,34,39)/t20?,23-,27?,32+,33-/m1/s1. The van der Waals surface area contributed by atoms with Gasteiger partial charge in [-0.1, -0.05) is 6.07 Å². The summed E-state index contributed by atoms with van der Waals surface area (Å²) in [6.07, 6.45) is 1.96. The quantitative estimate of drug-likeness (QED) is 0.348. The fourth-order valence-electron chi connectivity index (χ4n) is 7.68. The molecule has 11 nitrogen and oxygen atoms in total. The first-order valence-electron chi connectivity index (χ1n) is 15.8. The number of alkyl carbamates (subject to hydrolysis) is 1. The van der Waals surface area contributed by atoms with Crippen molar-refractivity contribution < 1.29 is 43.2 Å². The second-order valence-corrected chi connectivity index (χ2v) is 15.1. The van der Waals surface area contributed by atoms with Crippen molar-refractivity contribution in [2.24, 2.45) is 5.92 Å². The average Bonchev–Trinajstić information content (AvgIpc) is 3.63. The smallest absolute Gasteiger partial charge is 0.408 e. The minimum Gasteiger partial charge on any atom is -0.477 e. The molecule has 1 aromatic carbocycles. The number of ketones is 1. The Hall–Kier alpha value is -3.18. The molecule has 5 atom stereocenters. The normalized spacial score (nSPS) is 29.7. The van der Waals surface area contributed by atoms with E-state index in [1.165, 1.54) is 12.8 Å². The summed E-state index contributed by atoms with van der Waals surface area (Å²) in [5.74, 6) is -0.586. The number of rotatable bonds is 7. The molecule has 2 bridgehead atoms. The minimum absolute atomic E-state index is 0.0584. The van der Waals surface area contributed by atoms with Gasteiger partial charge in [0.25, 0.3) is 0 Å². The summed E-state index contributed by atoms with van der Waals surface area (Å²) in [5.41, 5.74) is -1.98. The van der Waals surface area contributed by atoms with Crippen LogP contribution in [0.4, 0.5) is 4.79 Å². The number of piperidine rings is 1. The lowest BCUT2D eigenvalue weighted by molar-refractivity contribution is -0.188. The highest BCUT2D eigenvalue weighted by Gasteiger charge is 2.73. The van der Waals surface area contributed by atoms with Crippen LogP contribution < -0.4 is 14.8 Å². The topological polar surface area (TPSA) is 141 Å². The van der Waals surface area contributed by atoms with Crippen LogP contribution >= 0.6 is 0 Å². The molecule has 11 heteroatoms. The molecule has 1 amide bonds. The van der Waals surface area contributed by atoms with E-state index in [4.69, 9.17) is 18.9 Å². The predicted octanol–water partition coefficient (Wildman–Crippen LogP) is 3.35. The number of carbonyl (C=O) groups is 4. The number of benzene rings is 1. The van der Waals surface area contributed by atoms with Crippen LogP contribution in [0.2, 0.25) is 0 Å². The zero-order valence-corrected chi connectivity index (χ0v) is 26.5. The van der Waals surface area contributed by atoms with E-state index in [9.17, 15) is 24.3 Å². The number of hydrogen-bond acceptors (Lipinski definition) is 10. The molecule has 5 aliphatic rings. The highest BCUT2D eigenvalue weighted by molar-refractivity contribution is 5.91. The van der Waals surface area contributed by atoms with Crippen LogP contribution in [0.3, 0.4) is 0 Å². The molecule has 44 heavy (non-hydrogen) atoms. The highest BCUT2D eigenvalue weighted by Crippen LogP contribution is 2.65. The van der Waals surface area contributed by atoms with Gasteiger partial charge in [0.2, 0.25) is 0 Å². The van der Waals surface area contributed by atoms with Gasteiger partial charge < -0.3 is 29.4 Å². The Morgan fingerprint density at radius 2 is 1.80 bits per heavy atom. The van der Waals surface area contributed by atoms with Crippen molar-refractivity contribution in [1.29, 1.82) is 0 Å². The van der Waals surface area contributed by atoms with E-state index in [0.717, 1.165) is 24.2 Å². The van der Waals surface area contributed by atoms with Crippen molar-refractivity contribution in [2.45, 2.75) is 127 Å². The summed E-state index contributed by atoms with van der Waals surface area (Å²) in [4.78, 5) is 54.6. The molecule has 1 spiro atoms. The molecule has 0 radical (unpaired) electrons. The van der Waals surface area contributed by atoms with E-state index in [-0.39, 0.29) is 24.0 Å². The van der Waals surface area contributed by atoms with Gasteiger partial charge in [0, 0.05) is 24.6 Å². The molecule has 2 N–H and O–H groups in total. The molecule has 3 fully saturated rings. The lowest BCUT2D eigenvalue weighted by Crippen LogP contribution is -2.76. The van der Waals surface area contributed by atoms with Crippen molar-refractivity contribution in [3.8, 4) is 11.5 Å². The highest BCUT2D eigenvalue weighted by atomic mass is 16.6. The zero-order valence-electron chi connectivity index (χ0n) is 26.5. The van der Waals surface area contributed by atoms with Crippen molar-refractivity contribution in [3.05, 3.63) is 23.3 Å². The lowest BCUT2D eigenvalue weighted by atomic mass is 9.49. The third-order valence-corrected chi connectivity index (χ3v) is 9.52. The Morgan fingerprint density at radius 1 is 1.09 bits per heavy atom. The fraction of sp³-hybridized carbons (Fsp3) is 0.697. The SMILES string of the molecule is CC(C)(C)OC(=O)NC(CC(=O)Oc1ccc2c3c1OC1C(=O)CC[C@@]4(O)[C@@H](C2)N(CC2CC2)CC[C@]314)C(=O)OC(C)(C)C. The zero-order chi connectivity index (χ0) is 31.8. The van der Waals surface area contributed by atoms with Crippen LogP contribution in [0.25, 0.3) is 0 Å². The maximum atomic E-state index is 13.3. The van der Waals surface area contributed by atoms with Crippen LogP contribution in [-0.2, 0) is 35.7 Å². The number of ether oxygens (including phenoxy) is 4. The Labute approximate surface area is 257 Å². The summed E-state index contributed by atoms with van der Waals surface area (Å²) in [6.45, 7) is 11.8. The molecular formula is C33H44N2O9. The van der Waals surface area contributed by atoms with Crippen molar-refractivity contribution in [2.75, 3.05) is 13.1 Å². The van der Waals surface area contributed by atoms with E-state index in [1.807, 2.05) is 6.07 Å². The predicted molar refractivity (Wildman–Crippen MR) is 157 cm³/mol. The third kappa shape index (κ3) is 5.36.